The molecule has 6 heterocycles. The van der Waals surface area contributed by atoms with Crippen molar-refractivity contribution in [1.82, 2.24) is 24.9 Å². The standard InChI is InChI=1S/C30H31N7O4/c1-19-13-21(36-12-11-28(2,17-36)20-7-4-3-5-8-20)14-37-24(19)33-26(35-37)30-15-29(16-30,18-41-30)34-27(40)32-23-10-6-9-22(31-23)25(38)39/h3-10,13-14H,11-12,15-18H2,1-2H3,(H,38,39)(H2,31,32,34,40)/t28-,29?,30?/m0/s1. The minimum absolute atomic E-state index is 0.0952. The van der Waals surface area contributed by atoms with Gasteiger partial charge in [0.15, 0.2) is 17.2 Å². The summed E-state index contributed by atoms with van der Waals surface area (Å²) in [5, 5.41) is 19.6. The molecule has 1 saturated carbocycles. The maximum atomic E-state index is 12.7. The Kier molecular flexibility index (Phi) is 5.59. The zero-order valence-electron chi connectivity index (χ0n) is 22.9. The van der Waals surface area contributed by atoms with E-state index in [4.69, 9.17) is 19.9 Å². The third-order valence-corrected chi connectivity index (χ3v) is 8.78. The SMILES string of the molecule is Cc1cc(N2CC[C@](C)(c3ccccc3)C2)cn2nc(C34CC(NC(=O)Nc5cccc(C(=O)O)n5)(CO3)C4)nc12. The van der Waals surface area contributed by atoms with E-state index in [9.17, 15) is 9.59 Å². The summed E-state index contributed by atoms with van der Waals surface area (Å²) in [7, 11) is 0. The molecule has 3 aliphatic heterocycles. The molecule has 41 heavy (non-hydrogen) atoms. The van der Waals surface area contributed by atoms with Gasteiger partial charge in [0.1, 0.15) is 11.4 Å². The molecular formula is C30H31N7O4. The van der Waals surface area contributed by atoms with Crippen molar-refractivity contribution in [3.63, 3.8) is 0 Å². The molecule has 0 radical (unpaired) electrons. The second-order valence-corrected chi connectivity index (χ2v) is 11.9. The van der Waals surface area contributed by atoms with Gasteiger partial charge in [0.25, 0.3) is 0 Å². The van der Waals surface area contributed by atoms with Gasteiger partial charge < -0.3 is 20.1 Å². The Morgan fingerprint density at radius 2 is 1.88 bits per heavy atom. The van der Waals surface area contributed by atoms with Gasteiger partial charge in [-0.1, -0.05) is 43.3 Å². The van der Waals surface area contributed by atoms with Gasteiger partial charge in [-0.2, -0.15) is 0 Å². The number of benzene rings is 1. The number of carbonyl (C=O) groups is 2. The van der Waals surface area contributed by atoms with Gasteiger partial charge in [-0.15, -0.1) is 5.10 Å². The van der Waals surface area contributed by atoms with Gasteiger partial charge in [0.2, 0.25) is 0 Å². The smallest absolute Gasteiger partial charge is 0.354 e. The molecule has 4 fully saturated rings. The van der Waals surface area contributed by atoms with Gasteiger partial charge in [-0.25, -0.2) is 24.1 Å². The number of nitrogens with zero attached hydrogens (tertiary/aromatic N) is 5. The molecule has 0 unspecified atom stereocenters. The van der Waals surface area contributed by atoms with Crippen molar-refractivity contribution in [2.45, 2.75) is 49.7 Å². The number of rotatable bonds is 6. The van der Waals surface area contributed by atoms with Crippen molar-refractivity contribution in [3.8, 4) is 0 Å². The third kappa shape index (κ3) is 4.28. The second kappa shape index (κ2) is 9.00. The lowest BCUT2D eigenvalue weighted by atomic mass is 9.68. The van der Waals surface area contributed by atoms with Crippen LogP contribution in [0.5, 0.6) is 0 Å². The maximum Gasteiger partial charge on any atom is 0.354 e. The summed E-state index contributed by atoms with van der Waals surface area (Å²) in [6, 6.07) is 16.9. The van der Waals surface area contributed by atoms with Crippen molar-refractivity contribution in [1.29, 1.82) is 0 Å². The van der Waals surface area contributed by atoms with E-state index < -0.39 is 23.1 Å². The predicted molar refractivity (Wildman–Crippen MR) is 151 cm³/mol. The number of carboxylic acids is 1. The predicted octanol–water partition coefficient (Wildman–Crippen LogP) is 3.88. The first kappa shape index (κ1) is 25.5. The number of anilines is 2. The number of amides is 2. The van der Waals surface area contributed by atoms with E-state index in [1.165, 1.54) is 17.7 Å². The minimum Gasteiger partial charge on any atom is -0.477 e. The first-order valence-electron chi connectivity index (χ1n) is 13.8. The van der Waals surface area contributed by atoms with Crippen molar-refractivity contribution >= 4 is 29.2 Å². The molecule has 4 aliphatic rings. The van der Waals surface area contributed by atoms with Crippen molar-refractivity contribution in [2.75, 3.05) is 29.9 Å². The Morgan fingerprint density at radius 1 is 1.07 bits per heavy atom. The highest BCUT2D eigenvalue weighted by atomic mass is 16.5. The van der Waals surface area contributed by atoms with Gasteiger partial charge in [-0.05, 0) is 42.7 Å². The lowest BCUT2D eigenvalue weighted by Crippen LogP contribution is -2.59. The van der Waals surface area contributed by atoms with Crippen molar-refractivity contribution in [2.24, 2.45) is 0 Å². The van der Waals surface area contributed by atoms with E-state index in [0.717, 1.165) is 36.4 Å². The number of aryl methyl sites for hydroxylation is 1. The molecular weight excluding hydrogens is 522 g/mol. The van der Waals surface area contributed by atoms with Crippen LogP contribution in [-0.4, -0.2) is 61.9 Å². The fourth-order valence-corrected chi connectivity index (χ4v) is 6.64. The summed E-state index contributed by atoms with van der Waals surface area (Å²) < 4.78 is 8.05. The number of ether oxygens (including phenoxy) is 1. The fourth-order valence-electron chi connectivity index (χ4n) is 6.64. The van der Waals surface area contributed by atoms with E-state index in [2.05, 4.69) is 77.0 Å². The fraction of sp³-hybridized carbons (Fsp3) is 0.367. The Balaban J connectivity index is 1.05. The van der Waals surface area contributed by atoms with Crippen LogP contribution >= 0.6 is 0 Å². The van der Waals surface area contributed by atoms with Crippen LogP contribution in [0.15, 0.2) is 60.8 Å². The molecule has 1 aromatic carbocycles. The van der Waals surface area contributed by atoms with Crippen LogP contribution in [0.1, 0.15) is 53.6 Å². The number of pyridine rings is 2. The second-order valence-electron chi connectivity index (χ2n) is 11.9. The van der Waals surface area contributed by atoms with Gasteiger partial charge >= 0.3 is 12.0 Å². The first-order valence-corrected chi connectivity index (χ1v) is 13.8. The number of aromatic carboxylic acids is 1. The molecule has 1 aliphatic carbocycles. The highest BCUT2D eigenvalue weighted by Gasteiger charge is 2.66. The number of urea groups is 1. The van der Waals surface area contributed by atoms with Gasteiger partial charge in [-0.3, -0.25) is 5.32 Å². The molecule has 0 spiro atoms. The van der Waals surface area contributed by atoms with Crippen LogP contribution in [0.4, 0.5) is 16.3 Å². The van der Waals surface area contributed by atoms with E-state index in [1.807, 2.05) is 4.52 Å². The topological polar surface area (TPSA) is 134 Å². The zero-order chi connectivity index (χ0) is 28.4. The van der Waals surface area contributed by atoms with Crippen molar-refractivity contribution < 1.29 is 19.4 Å². The first-order chi connectivity index (χ1) is 19.7. The average molecular weight is 554 g/mol. The van der Waals surface area contributed by atoms with Crippen LogP contribution in [0, 0.1) is 6.92 Å². The minimum atomic E-state index is -1.16. The quantitative estimate of drug-likeness (QED) is 0.328. The molecule has 11 nitrogen and oxygen atoms in total. The number of nitrogens with one attached hydrogen (secondary N) is 2. The van der Waals surface area contributed by atoms with Crippen LogP contribution < -0.4 is 15.5 Å². The Labute approximate surface area is 236 Å². The molecule has 4 aromatic rings. The number of carbonyl (C=O) groups excluding carboxylic acids is 1. The Hall–Kier alpha value is -4.51. The summed E-state index contributed by atoms with van der Waals surface area (Å²) in [5.41, 5.74) is 3.10. The summed E-state index contributed by atoms with van der Waals surface area (Å²) in [6.07, 6.45) is 4.25. The summed E-state index contributed by atoms with van der Waals surface area (Å²) >= 11 is 0. The number of carboxylic acid groups (broad SMARTS) is 1. The maximum absolute atomic E-state index is 12.7. The molecule has 210 valence electrons. The normalized spacial score (nSPS) is 26.6. The number of hydrogen-bond acceptors (Lipinski definition) is 7. The molecule has 2 bridgehead atoms. The van der Waals surface area contributed by atoms with E-state index in [-0.39, 0.29) is 16.9 Å². The Morgan fingerprint density at radius 3 is 2.66 bits per heavy atom. The summed E-state index contributed by atoms with van der Waals surface area (Å²) in [6.45, 7) is 6.63. The largest absolute Gasteiger partial charge is 0.477 e. The van der Waals surface area contributed by atoms with Gasteiger partial charge in [0.05, 0.1) is 24.0 Å². The van der Waals surface area contributed by atoms with E-state index in [0.29, 0.717) is 25.3 Å². The summed E-state index contributed by atoms with van der Waals surface area (Å²) in [5.74, 6) is -0.368. The molecule has 3 aromatic heterocycles. The van der Waals surface area contributed by atoms with Gasteiger partial charge in [0, 0.05) is 31.3 Å². The highest BCUT2D eigenvalue weighted by Crippen LogP contribution is 2.57. The lowest BCUT2D eigenvalue weighted by molar-refractivity contribution is -0.0171. The van der Waals surface area contributed by atoms with Crippen LogP contribution in [-0.2, 0) is 15.8 Å². The third-order valence-electron chi connectivity index (χ3n) is 8.78. The molecule has 8 rings (SSSR count). The number of aromatic nitrogens is 4. The molecule has 11 heteroatoms. The summed E-state index contributed by atoms with van der Waals surface area (Å²) in [4.78, 5) is 35.1. The lowest BCUT2D eigenvalue weighted by Gasteiger charge is -2.42. The van der Waals surface area contributed by atoms with E-state index >= 15 is 0 Å². The highest BCUT2D eigenvalue weighted by molar-refractivity contribution is 5.90. The Bertz CT molecular complexity index is 1680. The van der Waals surface area contributed by atoms with Crippen LogP contribution in [0.2, 0.25) is 0 Å². The monoisotopic (exact) mass is 553 g/mol. The molecule has 1 atom stereocenters. The molecule has 3 N–H and O–H groups in total. The van der Waals surface area contributed by atoms with E-state index in [1.54, 1.807) is 6.07 Å². The zero-order valence-corrected chi connectivity index (χ0v) is 22.9. The van der Waals surface area contributed by atoms with Crippen LogP contribution in [0.3, 0.4) is 0 Å². The number of fused-ring (bicyclic) bond motifs is 2. The number of hydrogen-bond donors (Lipinski definition) is 3. The van der Waals surface area contributed by atoms with Crippen molar-refractivity contribution in [3.05, 3.63) is 83.4 Å². The van der Waals surface area contributed by atoms with Crippen LogP contribution in [0.25, 0.3) is 5.65 Å². The average Bonchev–Trinajstić information content (AvgIpc) is 3.71. The molecule has 3 saturated heterocycles. The molecule has 2 amide bonds.